The van der Waals surface area contributed by atoms with E-state index in [4.69, 9.17) is 0 Å². The highest BCUT2D eigenvalue weighted by Crippen LogP contribution is 2.26. The number of benzene rings is 1. The van der Waals surface area contributed by atoms with Crippen LogP contribution in [0.1, 0.15) is 6.92 Å². The van der Waals surface area contributed by atoms with Crippen LogP contribution in [0.15, 0.2) is 71.2 Å². The third-order valence-electron chi connectivity index (χ3n) is 2.22. The molecule has 76 valence electrons. The summed E-state index contributed by atoms with van der Waals surface area (Å²) in [6, 6.07) is 10.5. The molecule has 1 aromatic rings. The van der Waals surface area contributed by atoms with E-state index < -0.39 is 0 Å². The normalized spacial score (nSPS) is 19.8. The molecule has 0 saturated heterocycles. The topological polar surface area (TPSA) is 0 Å². The van der Waals surface area contributed by atoms with Crippen molar-refractivity contribution in [2.75, 3.05) is 0 Å². The molecule has 0 aliphatic heterocycles. The fraction of sp³-hybridized carbons (Fsp3) is 0.143. The van der Waals surface area contributed by atoms with E-state index in [1.165, 1.54) is 10.5 Å². The summed E-state index contributed by atoms with van der Waals surface area (Å²) in [5.74, 6) is 0. The van der Waals surface area contributed by atoms with E-state index in [0.29, 0.717) is 5.25 Å². The van der Waals surface area contributed by atoms with Crippen LogP contribution in [0.4, 0.5) is 0 Å². The van der Waals surface area contributed by atoms with E-state index in [1.807, 2.05) is 11.8 Å². The van der Waals surface area contributed by atoms with E-state index in [2.05, 4.69) is 67.6 Å². The number of hydrogen-bond donors (Lipinski definition) is 0. The average molecular weight is 214 g/mol. The minimum absolute atomic E-state index is 0.445. The Kier molecular flexibility index (Phi) is 3.46. The Morgan fingerprint density at radius 3 is 2.67 bits per heavy atom. The molecule has 0 amide bonds. The fourth-order valence-corrected chi connectivity index (χ4v) is 2.37. The predicted molar refractivity (Wildman–Crippen MR) is 68.1 cm³/mol. The van der Waals surface area contributed by atoms with Crippen LogP contribution in [0.25, 0.3) is 0 Å². The van der Waals surface area contributed by atoms with Crippen molar-refractivity contribution in [3.05, 3.63) is 66.3 Å². The maximum atomic E-state index is 2.24. The first kappa shape index (κ1) is 10.3. The maximum absolute atomic E-state index is 2.24. The lowest BCUT2D eigenvalue weighted by molar-refractivity contribution is 1.37. The molecule has 1 aliphatic rings. The summed E-state index contributed by atoms with van der Waals surface area (Å²) in [6.45, 7) is 2.12. The molecule has 0 aromatic heterocycles. The number of allylic oxidation sites excluding steroid dienone is 4. The smallest absolute Gasteiger partial charge is 0.0461 e. The largest absolute Gasteiger partial charge is 0.114 e. The lowest BCUT2D eigenvalue weighted by Crippen LogP contribution is -1.91. The van der Waals surface area contributed by atoms with Gasteiger partial charge in [-0.05, 0) is 19.1 Å². The fourth-order valence-electron chi connectivity index (χ4n) is 1.42. The summed E-state index contributed by atoms with van der Waals surface area (Å²) in [4.78, 5) is 1.32. The zero-order valence-corrected chi connectivity index (χ0v) is 9.58. The molecule has 0 bridgehead atoms. The van der Waals surface area contributed by atoms with Gasteiger partial charge in [-0.15, -0.1) is 11.8 Å². The highest BCUT2D eigenvalue weighted by molar-refractivity contribution is 8.00. The van der Waals surface area contributed by atoms with Gasteiger partial charge in [0.25, 0.3) is 0 Å². The van der Waals surface area contributed by atoms with Gasteiger partial charge in [0.15, 0.2) is 0 Å². The Bertz CT molecular complexity index is 399. The molecule has 1 aromatic carbocycles. The van der Waals surface area contributed by atoms with Crippen LogP contribution in [-0.2, 0) is 0 Å². The molecule has 0 heterocycles. The van der Waals surface area contributed by atoms with Gasteiger partial charge in [-0.2, -0.15) is 0 Å². The molecule has 15 heavy (non-hydrogen) atoms. The van der Waals surface area contributed by atoms with Gasteiger partial charge in [0.05, 0.1) is 0 Å². The lowest BCUT2D eigenvalue weighted by atomic mass is 10.3. The van der Waals surface area contributed by atoms with E-state index in [1.54, 1.807) is 0 Å². The molecule has 1 atom stereocenters. The molecule has 0 radical (unpaired) electrons. The van der Waals surface area contributed by atoms with Crippen LogP contribution in [0.2, 0.25) is 0 Å². The predicted octanol–water partition coefficient (Wildman–Crippen LogP) is 4.22. The van der Waals surface area contributed by atoms with Crippen molar-refractivity contribution in [2.45, 2.75) is 17.1 Å². The van der Waals surface area contributed by atoms with Gasteiger partial charge >= 0.3 is 0 Å². The van der Waals surface area contributed by atoms with Crippen molar-refractivity contribution in [3.8, 4) is 0 Å². The Morgan fingerprint density at radius 2 is 1.87 bits per heavy atom. The highest BCUT2D eigenvalue weighted by Gasteiger charge is 2.03. The van der Waals surface area contributed by atoms with Crippen LogP contribution in [-0.4, -0.2) is 5.25 Å². The summed E-state index contributed by atoms with van der Waals surface area (Å²) < 4.78 is 0. The van der Waals surface area contributed by atoms with Crippen LogP contribution in [0.5, 0.6) is 0 Å². The van der Waals surface area contributed by atoms with Gasteiger partial charge in [-0.3, -0.25) is 0 Å². The molecule has 1 heteroatoms. The van der Waals surface area contributed by atoms with Gasteiger partial charge < -0.3 is 0 Å². The van der Waals surface area contributed by atoms with Gasteiger partial charge in [0.1, 0.15) is 0 Å². The first-order valence-electron chi connectivity index (χ1n) is 5.09. The lowest BCUT2D eigenvalue weighted by Gasteiger charge is -2.06. The quantitative estimate of drug-likeness (QED) is 0.710. The zero-order valence-electron chi connectivity index (χ0n) is 8.76. The summed E-state index contributed by atoms with van der Waals surface area (Å²) in [7, 11) is 0. The van der Waals surface area contributed by atoms with Crippen LogP contribution in [0.3, 0.4) is 0 Å². The van der Waals surface area contributed by atoms with Crippen molar-refractivity contribution < 1.29 is 0 Å². The van der Waals surface area contributed by atoms with Gasteiger partial charge in [0, 0.05) is 10.1 Å². The highest BCUT2D eigenvalue weighted by atomic mass is 32.2. The Hall–Kier alpha value is -1.21. The monoisotopic (exact) mass is 214 g/mol. The van der Waals surface area contributed by atoms with Crippen molar-refractivity contribution in [2.24, 2.45) is 0 Å². The SMILES string of the molecule is CC1=CC=CC(Sc2ccccc2)C=C1. The zero-order chi connectivity index (χ0) is 10.5. The van der Waals surface area contributed by atoms with E-state index in [0.717, 1.165) is 0 Å². The third kappa shape index (κ3) is 3.14. The van der Waals surface area contributed by atoms with E-state index in [9.17, 15) is 0 Å². The summed E-state index contributed by atoms with van der Waals surface area (Å²) >= 11 is 1.87. The minimum Gasteiger partial charge on any atom is -0.114 e. The van der Waals surface area contributed by atoms with E-state index in [-0.39, 0.29) is 0 Å². The Morgan fingerprint density at radius 1 is 1.07 bits per heavy atom. The summed E-state index contributed by atoms with van der Waals surface area (Å²) in [5.41, 5.74) is 1.31. The third-order valence-corrected chi connectivity index (χ3v) is 3.35. The number of thioether (sulfide) groups is 1. The maximum Gasteiger partial charge on any atom is 0.0461 e. The molecule has 0 N–H and O–H groups in total. The van der Waals surface area contributed by atoms with Gasteiger partial charge in [0.2, 0.25) is 0 Å². The van der Waals surface area contributed by atoms with Crippen molar-refractivity contribution in [1.82, 2.24) is 0 Å². The first-order valence-corrected chi connectivity index (χ1v) is 5.97. The summed E-state index contributed by atoms with van der Waals surface area (Å²) in [6.07, 6.45) is 10.9. The van der Waals surface area contributed by atoms with Crippen molar-refractivity contribution in [3.63, 3.8) is 0 Å². The van der Waals surface area contributed by atoms with Crippen LogP contribution >= 0.6 is 11.8 Å². The van der Waals surface area contributed by atoms with Crippen molar-refractivity contribution >= 4 is 11.8 Å². The number of hydrogen-bond acceptors (Lipinski definition) is 1. The molecule has 0 saturated carbocycles. The molecular formula is C14H14S. The van der Waals surface area contributed by atoms with E-state index >= 15 is 0 Å². The molecule has 1 aliphatic carbocycles. The van der Waals surface area contributed by atoms with Crippen LogP contribution in [0, 0.1) is 0 Å². The Labute approximate surface area is 95.4 Å². The van der Waals surface area contributed by atoms with Crippen molar-refractivity contribution in [1.29, 1.82) is 0 Å². The second kappa shape index (κ2) is 5.04. The second-order valence-electron chi connectivity index (χ2n) is 3.55. The second-order valence-corrected chi connectivity index (χ2v) is 4.80. The average Bonchev–Trinajstić information content (AvgIpc) is 2.46. The van der Waals surface area contributed by atoms with Gasteiger partial charge in [-0.25, -0.2) is 0 Å². The number of rotatable bonds is 2. The minimum atomic E-state index is 0.445. The molecule has 0 fully saturated rings. The molecule has 0 nitrogen and oxygen atoms in total. The molecule has 1 unspecified atom stereocenters. The molecule has 2 rings (SSSR count). The summed E-state index contributed by atoms with van der Waals surface area (Å²) in [5, 5.41) is 0.445. The standard InChI is InChI=1S/C14H14S/c1-12-6-5-9-14(11-10-12)15-13-7-3-2-4-8-13/h2-11,14H,1H3. The van der Waals surface area contributed by atoms with Gasteiger partial charge in [-0.1, -0.05) is 54.2 Å². The first-order chi connectivity index (χ1) is 7.34. The molecule has 0 spiro atoms. The molecular weight excluding hydrogens is 200 g/mol. The van der Waals surface area contributed by atoms with Crippen LogP contribution < -0.4 is 0 Å². The Balaban J connectivity index is 2.06.